The molecular weight excluding hydrogens is 231 g/mol. The van der Waals surface area contributed by atoms with Crippen LogP contribution in [0.5, 0.6) is 0 Å². The monoisotopic (exact) mass is 240 g/mol. The van der Waals surface area contributed by atoms with E-state index in [0.717, 1.165) is 0 Å². The van der Waals surface area contributed by atoms with Crippen molar-refractivity contribution >= 4 is 11.6 Å². The van der Waals surface area contributed by atoms with Crippen molar-refractivity contribution in [3.05, 3.63) is 46.9 Å². The van der Waals surface area contributed by atoms with E-state index in [1.54, 1.807) is 31.2 Å². The molecule has 2 nitrogen and oxygen atoms in total. The highest BCUT2D eigenvalue weighted by atomic mass is 35.5. The SMILES string of the molecule is CC(O)c1ccc(-c2cccc(Cl)c2F)o1. The number of furan rings is 1. The normalized spacial score (nSPS) is 12.8. The van der Waals surface area contributed by atoms with Crippen LogP contribution in [0.4, 0.5) is 4.39 Å². The fourth-order valence-electron chi connectivity index (χ4n) is 1.42. The standard InChI is InChI=1S/C12H10ClFO2/c1-7(15)10-5-6-11(16-10)8-3-2-4-9(13)12(8)14/h2-7,15H,1H3. The van der Waals surface area contributed by atoms with Gasteiger partial charge in [-0.25, -0.2) is 4.39 Å². The second-order valence-corrected chi connectivity index (χ2v) is 3.89. The fraction of sp³-hybridized carbons (Fsp3) is 0.167. The Morgan fingerprint density at radius 3 is 2.69 bits per heavy atom. The summed E-state index contributed by atoms with van der Waals surface area (Å²) in [6.45, 7) is 1.58. The van der Waals surface area contributed by atoms with Gasteiger partial charge in [-0.15, -0.1) is 0 Å². The number of hydrogen-bond donors (Lipinski definition) is 1. The minimum Gasteiger partial charge on any atom is -0.458 e. The first kappa shape index (κ1) is 11.2. The van der Waals surface area contributed by atoms with E-state index in [9.17, 15) is 9.50 Å². The quantitative estimate of drug-likeness (QED) is 0.866. The van der Waals surface area contributed by atoms with Gasteiger partial charge in [0.05, 0.1) is 10.6 Å². The molecule has 0 saturated carbocycles. The van der Waals surface area contributed by atoms with Gasteiger partial charge in [-0.3, -0.25) is 0 Å². The zero-order valence-electron chi connectivity index (χ0n) is 8.58. The summed E-state index contributed by atoms with van der Waals surface area (Å²) in [6.07, 6.45) is -0.712. The van der Waals surface area contributed by atoms with Crippen LogP contribution >= 0.6 is 11.6 Å². The molecule has 0 bridgehead atoms. The molecule has 84 valence electrons. The highest BCUT2D eigenvalue weighted by molar-refractivity contribution is 6.31. The second kappa shape index (κ2) is 4.28. The Hall–Kier alpha value is -1.32. The number of aliphatic hydroxyl groups excluding tert-OH is 1. The summed E-state index contributed by atoms with van der Waals surface area (Å²) in [5.74, 6) is 0.237. The van der Waals surface area contributed by atoms with Gasteiger partial charge in [-0.2, -0.15) is 0 Å². The maximum Gasteiger partial charge on any atom is 0.152 e. The van der Waals surface area contributed by atoms with Crippen molar-refractivity contribution < 1.29 is 13.9 Å². The summed E-state index contributed by atoms with van der Waals surface area (Å²) < 4.78 is 19.0. The van der Waals surface area contributed by atoms with Crippen LogP contribution in [-0.4, -0.2) is 5.11 Å². The highest BCUT2D eigenvalue weighted by Gasteiger charge is 2.13. The molecule has 1 N–H and O–H groups in total. The van der Waals surface area contributed by atoms with E-state index in [0.29, 0.717) is 17.1 Å². The Bertz CT molecular complexity index is 505. The number of benzene rings is 1. The summed E-state index contributed by atoms with van der Waals surface area (Å²) >= 11 is 5.67. The molecule has 0 fully saturated rings. The van der Waals surface area contributed by atoms with Gasteiger partial charge in [0.1, 0.15) is 17.6 Å². The maximum absolute atomic E-state index is 13.6. The lowest BCUT2D eigenvalue weighted by Gasteiger charge is -2.02. The molecular formula is C12H10ClFO2. The summed E-state index contributed by atoms with van der Waals surface area (Å²) in [5, 5.41) is 9.34. The number of rotatable bonds is 2. The van der Waals surface area contributed by atoms with Crippen LogP contribution in [0.2, 0.25) is 5.02 Å². The molecule has 0 radical (unpaired) electrons. The van der Waals surface area contributed by atoms with Crippen molar-refractivity contribution in [2.24, 2.45) is 0 Å². The van der Waals surface area contributed by atoms with E-state index in [1.165, 1.54) is 6.07 Å². The second-order valence-electron chi connectivity index (χ2n) is 3.48. The predicted molar refractivity (Wildman–Crippen MR) is 59.7 cm³/mol. The molecule has 0 aliphatic carbocycles. The van der Waals surface area contributed by atoms with Crippen LogP contribution < -0.4 is 0 Å². The van der Waals surface area contributed by atoms with Crippen LogP contribution in [0.15, 0.2) is 34.7 Å². The number of halogens is 2. The Balaban J connectivity index is 2.47. The van der Waals surface area contributed by atoms with E-state index >= 15 is 0 Å². The molecule has 0 aliphatic rings. The van der Waals surface area contributed by atoms with Crippen LogP contribution in [0.1, 0.15) is 18.8 Å². The number of aliphatic hydroxyl groups is 1. The fourth-order valence-corrected chi connectivity index (χ4v) is 1.59. The first-order valence-electron chi connectivity index (χ1n) is 4.82. The van der Waals surface area contributed by atoms with Crippen molar-refractivity contribution in [1.82, 2.24) is 0 Å². The Morgan fingerprint density at radius 1 is 1.31 bits per heavy atom. The van der Waals surface area contributed by atoms with Crippen molar-refractivity contribution in [1.29, 1.82) is 0 Å². The van der Waals surface area contributed by atoms with Gasteiger partial charge in [0.25, 0.3) is 0 Å². The Labute approximate surface area is 97.3 Å². The van der Waals surface area contributed by atoms with Gasteiger partial charge in [-0.1, -0.05) is 17.7 Å². The molecule has 16 heavy (non-hydrogen) atoms. The third-order valence-electron chi connectivity index (χ3n) is 2.26. The predicted octanol–water partition coefficient (Wildman–Crippen LogP) is 3.79. The molecule has 0 aliphatic heterocycles. The van der Waals surface area contributed by atoms with Crippen LogP contribution in [0.3, 0.4) is 0 Å². The van der Waals surface area contributed by atoms with Crippen molar-refractivity contribution in [2.75, 3.05) is 0 Å². The van der Waals surface area contributed by atoms with Crippen LogP contribution in [0, 0.1) is 5.82 Å². The van der Waals surface area contributed by atoms with E-state index in [4.69, 9.17) is 16.0 Å². The minimum atomic E-state index is -0.712. The van der Waals surface area contributed by atoms with Gasteiger partial charge in [0.15, 0.2) is 5.82 Å². The van der Waals surface area contributed by atoms with Gasteiger partial charge in [0.2, 0.25) is 0 Å². The lowest BCUT2D eigenvalue weighted by atomic mass is 10.1. The van der Waals surface area contributed by atoms with E-state index in [-0.39, 0.29) is 5.02 Å². The first-order chi connectivity index (χ1) is 7.59. The summed E-state index contributed by atoms with van der Waals surface area (Å²) in [4.78, 5) is 0. The first-order valence-corrected chi connectivity index (χ1v) is 5.19. The minimum absolute atomic E-state index is 0.0486. The van der Waals surface area contributed by atoms with E-state index < -0.39 is 11.9 Å². The molecule has 0 spiro atoms. The molecule has 1 aromatic carbocycles. The van der Waals surface area contributed by atoms with Gasteiger partial charge in [-0.05, 0) is 31.2 Å². The van der Waals surface area contributed by atoms with Crippen LogP contribution in [-0.2, 0) is 0 Å². The van der Waals surface area contributed by atoms with Crippen LogP contribution in [0.25, 0.3) is 11.3 Å². The largest absolute Gasteiger partial charge is 0.458 e. The molecule has 0 amide bonds. The van der Waals surface area contributed by atoms with Crippen molar-refractivity contribution in [3.63, 3.8) is 0 Å². The van der Waals surface area contributed by atoms with E-state index in [2.05, 4.69) is 0 Å². The third-order valence-corrected chi connectivity index (χ3v) is 2.55. The molecule has 1 unspecified atom stereocenters. The highest BCUT2D eigenvalue weighted by Crippen LogP contribution is 2.30. The maximum atomic E-state index is 13.6. The molecule has 2 rings (SSSR count). The molecule has 0 saturated heterocycles. The summed E-state index contributed by atoms with van der Waals surface area (Å²) in [5.41, 5.74) is 0.291. The molecule has 1 atom stereocenters. The average Bonchev–Trinajstić information content (AvgIpc) is 2.71. The molecule has 2 aromatic rings. The van der Waals surface area contributed by atoms with Gasteiger partial charge in [0, 0.05) is 0 Å². The smallest absolute Gasteiger partial charge is 0.152 e. The molecule has 1 heterocycles. The lowest BCUT2D eigenvalue weighted by molar-refractivity contribution is 0.170. The zero-order chi connectivity index (χ0) is 11.7. The summed E-state index contributed by atoms with van der Waals surface area (Å²) in [6, 6.07) is 7.91. The Kier molecular flexibility index (Phi) is 2.99. The Morgan fingerprint density at radius 2 is 2.06 bits per heavy atom. The van der Waals surface area contributed by atoms with E-state index in [1.807, 2.05) is 0 Å². The molecule has 1 aromatic heterocycles. The number of hydrogen-bond acceptors (Lipinski definition) is 2. The van der Waals surface area contributed by atoms with Gasteiger partial charge >= 0.3 is 0 Å². The average molecular weight is 241 g/mol. The third kappa shape index (κ3) is 1.96. The molecule has 4 heteroatoms. The lowest BCUT2D eigenvalue weighted by Crippen LogP contribution is -1.86. The van der Waals surface area contributed by atoms with Gasteiger partial charge < -0.3 is 9.52 Å². The van der Waals surface area contributed by atoms with Crippen molar-refractivity contribution in [3.8, 4) is 11.3 Å². The summed E-state index contributed by atoms with van der Waals surface area (Å²) in [7, 11) is 0. The topological polar surface area (TPSA) is 33.4 Å². The van der Waals surface area contributed by atoms with Crippen molar-refractivity contribution in [2.45, 2.75) is 13.0 Å². The zero-order valence-corrected chi connectivity index (χ0v) is 9.33.